The Morgan fingerprint density at radius 3 is 3.00 bits per heavy atom. The smallest absolute Gasteiger partial charge is 0.240 e. The molecule has 1 atom stereocenters. The van der Waals surface area contributed by atoms with Crippen molar-refractivity contribution in [2.75, 3.05) is 6.54 Å². The number of hydrogen-bond acceptors (Lipinski definition) is 5. The molecule has 0 amide bonds. The van der Waals surface area contributed by atoms with Crippen LogP contribution in [0.5, 0.6) is 0 Å². The molecule has 1 unspecified atom stereocenters. The lowest BCUT2D eigenvalue weighted by Gasteiger charge is -2.21. The molecule has 0 radical (unpaired) electrons. The van der Waals surface area contributed by atoms with Crippen LogP contribution in [0.3, 0.4) is 0 Å². The minimum atomic E-state index is 0.431. The first-order valence-electron chi connectivity index (χ1n) is 7.34. The molecular weight excluding hydrogens is 254 g/mol. The fourth-order valence-electron chi connectivity index (χ4n) is 3.02. The molecule has 1 saturated carbocycles. The van der Waals surface area contributed by atoms with Crippen molar-refractivity contribution in [3.8, 4) is 0 Å². The van der Waals surface area contributed by atoms with Gasteiger partial charge >= 0.3 is 0 Å². The van der Waals surface area contributed by atoms with Gasteiger partial charge in [0.25, 0.3) is 0 Å². The predicted molar refractivity (Wildman–Crippen MR) is 71.9 cm³/mol. The quantitative estimate of drug-likeness (QED) is 0.853. The van der Waals surface area contributed by atoms with Crippen LogP contribution in [0.4, 0.5) is 0 Å². The fourth-order valence-corrected chi connectivity index (χ4v) is 3.02. The molecule has 1 saturated heterocycles. The Hall–Kier alpha value is -1.69. The van der Waals surface area contributed by atoms with Crippen LogP contribution in [0.1, 0.15) is 54.9 Å². The monoisotopic (exact) mass is 273 g/mol. The van der Waals surface area contributed by atoms with Gasteiger partial charge in [0.05, 0.1) is 12.7 Å². The molecule has 4 rings (SSSR count). The van der Waals surface area contributed by atoms with Crippen LogP contribution in [-0.4, -0.2) is 31.4 Å². The fraction of sp³-hybridized carbons (Fsp3) is 0.643. The van der Waals surface area contributed by atoms with Gasteiger partial charge in [-0.25, -0.2) is 0 Å². The molecule has 3 heterocycles. The molecule has 1 aliphatic heterocycles. The SMILES string of the molecule is Cn1cc(C2CCCN2Cc2nc(C3CC3)no2)cn1. The summed E-state index contributed by atoms with van der Waals surface area (Å²) >= 11 is 0. The lowest BCUT2D eigenvalue weighted by Crippen LogP contribution is -2.22. The van der Waals surface area contributed by atoms with Crippen molar-refractivity contribution in [1.82, 2.24) is 24.8 Å². The van der Waals surface area contributed by atoms with E-state index < -0.39 is 0 Å². The Morgan fingerprint density at radius 2 is 2.25 bits per heavy atom. The van der Waals surface area contributed by atoms with E-state index in [0.29, 0.717) is 12.0 Å². The third kappa shape index (κ3) is 2.24. The number of aromatic nitrogens is 4. The van der Waals surface area contributed by atoms with E-state index in [1.807, 2.05) is 17.9 Å². The molecular formula is C14H19N5O. The van der Waals surface area contributed by atoms with E-state index >= 15 is 0 Å². The van der Waals surface area contributed by atoms with Crippen molar-refractivity contribution in [1.29, 1.82) is 0 Å². The van der Waals surface area contributed by atoms with Gasteiger partial charge in [0, 0.05) is 30.8 Å². The first kappa shape index (κ1) is 12.1. The second kappa shape index (κ2) is 4.70. The van der Waals surface area contributed by atoms with Gasteiger partial charge in [0.15, 0.2) is 5.82 Å². The van der Waals surface area contributed by atoms with Gasteiger partial charge in [0.2, 0.25) is 5.89 Å². The van der Waals surface area contributed by atoms with E-state index in [4.69, 9.17) is 4.52 Å². The molecule has 2 fully saturated rings. The summed E-state index contributed by atoms with van der Waals surface area (Å²) in [5.41, 5.74) is 1.28. The first-order valence-corrected chi connectivity index (χ1v) is 7.34. The zero-order valence-electron chi connectivity index (χ0n) is 11.7. The average molecular weight is 273 g/mol. The molecule has 1 aliphatic carbocycles. The zero-order valence-corrected chi connectivity index (χ0v) is 11.7. The summed E-state index contributed by atoms with van der Waals surface area (Å²) in [5.74, 6) is 2.21. The summed E-state index contributed by atoms with van der Waals surface area (Å²) < 4.78 is 7.26. The molecule has 6 nitrogen and oxygen atoms in total. The predicted octanol–water partition coefficient (Wildman–Crippen LogP) is 2.02. The van der Waals surface area contributed by atoms with Gasteiger partial charge in [-0.15, -0.1) is 0 Å². The second-order valence-corrected chi connectivity index (χ2v) is 5.90. The third-order valence-electron chi connectivity index (χ3n) is 4.24. The lowest BCUT2D eigenvalue weighted by atomic mass is 10.1. The van der Waals surface area contributed by atoms with E-state index in [0.717, 1.165) is 24.8 Å². The summed E-state index contributed by atoms with van der Waals surface area (Å²) in [6.07, 6.45) is 8.87. The zero-order chi connectivity index (χ0) is 13.5. The van der Waals surface area contributed by atoms with E-state index in [1.165, 1.54) is 31.2 Å². The van der Waals surface area contributed by atoms with Crippen molar-refractivity contribution in [3.63, 3.8) is 0 Å². The molecule has 20 heavy (non-hydrogen) atoms. The molecule has 0 aromatic carbocycles. The van der Waals surface area contributed by atoms with Crippen LogP contribution in [0, 0.1) is 0 Å². The maximum absolute atomic E-state index is 5.39. The maximum atomic E-state index is 5.39. The summed E-state index contributed by atoms with van der Waals surface area (Å²) in [5, 5.41) is 8.37. The first-order chi connectivity index (χ1) is 9.79. The van der Waals surface area contributed by atoms with Crippen LogP contribution in [0.25, 0.3) is 0 Å². The summed E-state index contributed by atoms with van der Waals surface area (Å²) in [6.45, 7) is 1.83. The van der Waals surface area contributed by atoms with E-state index in [2.05, 4.69) is 26.3 Å². The molecule has 0 spiro atoms. The van der Waals surface area contributed by atoms with Crippen LogP contribution in [0.15, 0.2) is 16.9 Å². The second-order valence-electron chi connectivity index (χ2n) is 5.90. The van der Waals surface area contributed by atoms with E-state index in [1.54, 1.807) is 0 Å². The van der Waals surface area contributed by atoms with Gasteiger partial charge in [-0.1, -0.05) is 5.16 Å². The molecule has 2 aromatic rings. The van der Waals surface area contributed by atoms with Gasteiger partial charge in [-0.2, -0.15) is 10.1 Å². The summed E-state index contributed by atoms with van der Waals surface area (Å²) in [7, 11) is 1.96. The standard InChI is InChI=1S/C14H19N5O/c1-18-8-11(7-15-18)12-3-2-6-19(12)9-13-16-14(17-20-13)10-4-5-10/h7-8,10,12H,2-6,9H2,1H3. The molecule has 6 heteroatoms. The lowest BCUT2D eigenvalue weighted by molar-refractivity contribution is 0.212. The van der Waals surface area contributed by atoms with E-state index in [-0.39, 0.29) is 0 Å². The highest BCUT2D eigenvalue weighted by Crippen LogP contribution is 2.38. The topological polar surface area (TPSA) is 60.0 Å². The normalized spacial score (nSPS) is 23.6. The largest absolute Gasteiger partial charge is 0.338 e. The highest BCUT2D eigenvalue weighted by atomic mass is 16.5. The van der Waals surface area contributed by atoms with Crippen molar-refractivity contribution in [3.05, 3.63) is 29.7 Å². The van der Waals surface area contributed by atoms with Crippen molar-refractivity contribution in [2.24, 2.45) is 7.05 Å². The van der Waals surface area contributed by atoms with Gasteiger partial charge in [0.1, 0.15) is 0 Å². The van der Waals surface area contributed by atoms with Gasteiger partial charge in [-0.05, 0) is 32.2 Å². The van der Waals surface area contributed by atoms with Crippen LogP contribution >= 0.6 is 0 Å². The number of likely N-dealkylation sites (tertiary alicyclic amines) is 1. The van der Waals surface area contributed by atoms with Crippen molar-refractivity contribution in [2.45, 2.75) is 44.2 Å². The van der Waals surface area contributed by atoms with Crippen molar-refractivity contribution < 1.29 is 4.52 Å². The van der Waals surface area contributed by atoms with Crippen LogP contribution in [0.2, 0.25) is 0 Å². The third-order valence-corrected chi connectivity index (χ3v) is 4.24. The Bertz CT molecular complexity index is 600. The Balaban J connectivity index is 1.48. The molecule has 2 aromatic heterocycles. The minimum Gasteiger partial charge on any atom is -0.338 e. The number of rotatable bonds is 4. The average Bonchev–Trinajstić information content (AvgIpc) is 2.86. The van der Waals surface area contributed by atoms with Crippen molar-refractivity contribution >= 4 is 0 Å². The number of hydrogen-bond donors (Lipinski definition) is 0. The Kier molecular flexibility index (Phi) is 2.84. The molecule has 0 bridgehead atoms. The number of aryl methyl sites for hydroxylation is 1. The van der Waals surface area contributed by atoms with Crippen LogP contribution < -0.4 is 0 Å². The minimum absolute atomic E-state index is 0.431. The Labute approximate surface area is 117 Å². The van der Waals surface area contributed by atoms with Gasteiger partial charge < -0.3 is 4.52 Å². The molecule has 2 aliphatic rings. The van der Waals surface area contributed by atoms with E-state index in [9.17, 15) is 0 Å². The maximum Gasteiger partial charge on any atom is 0.240 e. The highest BCUT2D eigenvalue weighted by molar-refractivity contribution is 5.12. The van der Waals surface area contributed by atoms with Gasteiger partial charge in [-0.3, -0.25) is 9.58 Å². The summed E-state index contributed by atoms with van der Waals surface area (Å²) in [6, 6.07) is 0.431. The Morgan fingerprint density at radius 1 is 1.35 bits per heavy atom. The molecule has 106 valence electrons. The molecule has 0 N–H and O–H groups in total. The number of nitrogens with zero attached hydrogens (tertiary/aromatic N) is 5. The van der Waals surface area contributed by atoms with Crippen LogP contribution in [-0.2, 0) is 13.6 Å². The highest BCUT2D eigenvalue weighted by Gasteiger charge is 2.31. The summed E-state index contributed by atoms with van der Waals surface area (Å²) in [4.78, 5) is 6.95.